The van der Waals surface area contributed by atoms with E-state index in [1.807, 2.05) is 17.5 Å². The van der Waals surface area contributed by atoms with Gasteiger partial charge in [-0.25, -0.2) is 4.39 Å². The topological polar surface area (TPSA) is 33.1 Å². The maximum absolute atomic E-state index is 12.7. The van der Waals surface area contributed by atoms with Crippen LogP contribution in [-0.4, -0.2) is 10.1 Å². The fourth-order valence-corrected chi connectivity index (χ4v) is 2.14. The Morgan fingerprint density at radius 3 is 2.73 bits per heavy atom. The molecule has 0 radical (unpaired) electrons. The highest BCUT2D eigenvalue weighted by Crippen LogP contribution is 2.30. The van der Waals surface area contributed by atoms with Gasteiger partial charge in [0, 0.05) is 4.88 Å². The predicted octanol–water partition coefficient (Wildman–Crippen LogP) is 2.54. The third-order valence-electron chi connectivity index (χ3n) is 2.23. The van der Waals surface area contributed by atoms with Crippen molar-refractivity contribution in [1.29, 1.82) is 0 Å². The minimum atomic E-state index is -1.15. The van der Waals surface area contributed by atoms with Crippen LogP contribution in [-0.2, 0) is 5.60 Å². The summed E-state index contributed by atoms with van der Waals surface area (Å²) in [7, 11) is 0. The lowest BCUT2D eigenvalue weighted by atomic mass is 10.00. The van der Waals surface area contributed by atoms with E-state index in [4.69, 9.17) is 0 Å². The van der Waals surface area contributed by atoms with Crippen molar-refractivity contribution < 1.29 is 9.50 Å². The summed E-state index contributed by atoms with van der Waals surface area (Å²) in [5.41, 5.74) is -0.701. The van der Waals surface area contributed by atoms with E-state index in [2.05, 4.69) is 4.98 Å². The van der Waals surface area contributed by atoms with Gasteiger partial charge < -0.3 is 5.11 Å². The molecule has 0 saturated carbocycles. The molecule has 0 aliphatic heterocycles. The highest BCUT2D eigenvalue weighted by Gasteiger charge is 2.27. The quantitative estimate of drug-likeness (QED) is 0.848. The highest BCUT2D eigenvalue weighted by molar-refractivity contribution is 7.10. The fourth-order valence-electron chi connectivity index (χ4n) is 1.35. The molecule has 1 atom stereocenters. The van der Waals surface area contributed by atoms with Gasteiger partial charge in [0.15, 0.2) is 0 Å². The lowest BCUT2D eigenvalue weighted by Gasteiger charge is -2.20. The molecule has 0 spiro atoms. The van der Waals surface area contributed by atoms with Crippen molar-refractivity contribution in [3.8, 4) is 0 Å². The van der Waals surface area contributed by atoms with Gasteiger partial charge in [-0.2, -0.15) is 0 Å². The van der Waals surface area contributed by atoms with E-state index in [-0.39, 0.29) is 0 Å². The lowest BCUT2D eigenvalue weighted by Crippen LogP contribution is -2.22. The fraction of sp³-hybridized carbons (Fsp3) is 0.182. The number of rotatable bonds is 2. The molecular weight excluding hydrogens is 213 g/mol. The number of thiophene rings is 1. The Kier molecular flexibility index (Phi) is 2.54. The molecule has 0 aliphatic rings. The number of aliphatic hydroxyl groups is 1. The first-order valence-electron chi connectivity index (χ1n) is 4.49. The van der Waals surface area contributed by atoms with E-state index < -0.39 is 11.4 Å². The van der Waals surface area contributed by atoms with Gasteiger partial charge in [0.05, 0.1) is 11.9 Å². The molecule has 78 valence electrons. The van der Waals surface area contributed by atoms with E-state index >= 15 is 0 Å². The Hall–Kier alpha value is -1.26. The Labute approximate surface area is 91.0 Å². The van der Waals surface area contributed by atoms with Gasteiger partial charge in [0.25, 0.3) is 0 Å². The minimum absolute atomic E-state index is 0.402. The number of halogens is 1. The second kappa shape index (κ2) is 3.72. The van der Waals surface area contributed by atoms with Crippen molar-refractivity contribution in [3.05, 3.63) is 52.2 Å². The molecule has 0 fully saturated rings. The molecule has 0 aliphatic carbocycles. The summed E-state index contributed by atoms with van der Waals surface area (Å²) in [5, 5.41) is 12.1. The van der Waals surface area contributed by atoms with Gasteiger partial charge >= 0.3 is 0 Å². The van der Waals surface area contributed by atoms with Crippen molar-refractivity contribution in [3.63, 3.8) is 0 Å². The number of hydrogen-bond donors (Lipinski definition) is 1. The first-order valence-corrected chi connectivity index (χ1v) is 5.37. The van der Waals surface area contributed by atoms with Crippen molar-refractivity contribution in [2.75, 3.05) is 0 Å². The number of nitrogens with zero attached hydrogens (tertiary/aromatic N) is 1. The molecule has 0 saturated heterocycles. The average Bonchev–Trinajstić information content (AvgIpc) is 2.71. The Balaban J connectivity index is 2.41. The van der Waals surface area contributed by atoms with Crippen LogP contribution in [0.1, 0.15) is 17.5 Å². The molecule has 0 amide bonds. The molecule has 2 aromatic heterocycles. The monoisotopic (exact) mass is 223 g/mol. The largest absolute Gasteiger partial charge is 0.378 e. The summed E-state index contributed by atoms with van der Waals surface area (Å²) in [6.07, 6.45) is 1.11. The van der Waals surface area contributed by atoms with Crippen LogP contribution in [0.3, 0.4) is 0 Å². The predicted molar refractivity (Wildman–Crippen MR) is 57.2 cm³/mol. The van der Waals surface area contributed by atoms with Crippen LogP contribution in [0.15, 0.2) is 35.8 Å². The van der Waals surface area contributed by atoms with Gasteiger partial charge in [-0.05, 0) is 30.5 Å². The molecule has 0 aromatic carbocycles. The number of hydrogen-bond acceptors (Lipinski definition) is 3. The maximum atomic E-state index is 12.7. The summed E-state index contributed by atoms with van der Waals surface area (Å²) in [6.45, 7) is 1.65. The second-order valence-electron chi connectivity index (χ2n) is 3.41. The molecule has 2 aromatic rings. The van der Waals surface area contributed by atoms with E-state index in [9.17, 15) is 9.50 Å². The van der Waals surface area contributed by atoms with Crippen LogP contribution < -0.4 is 0 Å². The minimum Gasteiger partial charge on any atom is -0.378 e. The molecule has 1 unspecified atom stereocenters. The van der Waals surface area contributed by atoms with Crippen LogP contribution in [0, 0.1) is 5.82 Å². The van der Waals surface area contributed by atoms with Crippen molar-refractivity contribution >= 4 is 11.3 Å². The van der Waals surface area contributed by atoms with Crippen LogP contribution in [0.25, 0.3) is 0 Å². The number of aromatic nitrogens is 1. The number of pyridine rings is 1. The van der Waals surface area contributed by atoms with Crippen LogP contribution in [0.4, 0.5) is 4.39 Å². The Morgan fingerprint density at radius 1 is 1.40 bits per heavy atom. The molecule has 4 heteroatoms. The SMILES string of the molecule is CC(O)(c1ccc(F)cn1)c1cccs1. The Bertz CT molecular complexity index is 436. The van der Waals surface area contributed by atoms with Crippen LogP contribution in [0.5, 0.6) is 0 Å². The zero-order valence-electron chi connectivity index (χ0n) is 8.14. The third kappa shape index (κ3) is 1.91. The van der Waals surface area contributed by atoms with E-state index in [1.54, 1.807) is 6.92 Å². The molecule has 2 rings (SSSR count). The standard InChI is InChI=1S/C11H10FNOS/c1-11(14,10-3-2-6-15-10)9-5-4-8(12)7-13-9/h2-7,14H,1H3. The lowest BCUT2D eigenvalue weighted by molar-refractivity contribution is 0.101. The van der Waals surface area contributed by atoms with E-state index in [0.29, 0.717) is 5.69 Å². The van der Waals surface area contributed by atoms with Crippen molar-refractivity contribution in [2.45, 2.75) is 12.5 Å². The summed E-state index contributed by atoms with van der Waals surface area (Å²) in [6, 6.07) is 6.48. The normalized spacial score (nSPS) is 14.9. The van der Waals surface area contributed by atoms with E-state index in [1.165, 1.54) is 23.5 Å². The molecular formula is C11H10FNOS. The third-order valence-corrected chi connectivity index (χ3v) is 3.31. The second-order valence-corrected chi connectivity index (χ2v) is 4.36. The van der Waals surface area contributed by atoms with Gasteiger partial charge in [-0.3, -0.25) is 4.98 Å². The summed E-state index contributed by atoms with van der Waals surface area (Å²) in [5.74, 6) is -0.402. The average molecular weight is 223 g/mol. The maximum Gasteiger partial charge on any atom is 0.141 e. The summed E-state index contributed by atoms with van der Waals surface area (Å²) in [4.78, 5) is 4.68. The molecule has 15 heavy (non-hydrogen) atoms. The van der Waals surface area contributed by atoms with Crippen LogP contribution in [0.2, 0.25) is 0 Å². The van der Waals surface area contributed by atoms with Crippen LogP contribution >= 0.6 is 11.3 Å². The summed E-state index contributed by atoms with van der Waals surface area (Å²) >= 11 is 1.45. The summed E-state index contributed by atoms with van der Waals surface area (Å²) < 4.78 is 12.7. The van der Waals surface area contributed by atoms with Gasteiger partial charge in [-0.15, -0.1) is 11.3 Å². The zero-order valence-corrected chi connectivity index (χ0v) is 8.96. The Morgan fingerprint density at radius 2 is 2.20 bits per heavy atom. The first-order chi connectivity index (χ1) is 7.10. The van der Waals surface area contributed by atoms with Gasteiger partial charge in [0.2, 0.25) is 0 Å². The molecule has 2 nitrogen and oxygen atoms in total. The van der Waals surface area contributed by atoms with Gasteiger partial charge in [0.1, 0.15) is 11.4 Å². The molecule has 2 heterocycles. The highest BCUT2D eigenvalue weighted by atomic mass is 32.1. The van der Waals surface area contributed by atoms with Crippen molar-refractivity contribution in [1.82, 2.24) is 4.98 Å². The van der Waals surface area contributed by atoms with Crippen molar-refractivity contribution in [2.24, 2.45) is 0 Å². The zero-order chi connectivity index (χ0) is 10.9. The first kappa shape index (κ1) is 10.3. The molecule has 0 bridgehead atoms. The van der Waals surface area contributed by atoms with E-state index in [0.717, 1.165) is 11.1 Å². The molecule has 1 N–H and O–H groups in total. The van der Waals surface area contributed by atoms with Gasteiger partial charge in [-0.1, -0.05) is 6.07 Å². The smallest absolute Gasteiger partial charge is 0.141 e.